The molecule has 0 N–H and O–H groups in total. The molecule has 0 fully saturated rings. The fourth-order valence-corrected chi connectivity index (χ4v) is 4.85. The van der Waals surface area contributed by atoms with E-state index in [1.165, 1.54) is 0 Å². The number of hydrogen-bond acceptors (Lipinski definition) is 5. The minimum Gasteiger partial charge on any atom is -0.564 e. The minimum absolute atomic E-state index is 0. The van der Waals surface area contributed by atoms with Crippen LogP contribution in [0.1, 0.15) is 0 Å². The Bertz CT molecular complexity index is 1770. The van der Waals surface area contributed by atoms with E-state index in [0.29, 0.717) is 0 Å². The Hall–Kier alpha value is -4.61. The average molecular weight is 704 g/mol. The van der Waals surface area contributed by atoms with Crippen LogP contribution in [0.25, 0.3) is 21.9 Å². The Labute approximate surface area is 246 Å². The predicted molar refractivity (Wildman–Crippen MR) is 154 cm³/mol. The third kappa shape index (κ3) is 4.59. The molecule has 7 aromatic rings. The van der Waals surface area contributed by atoms with Gasteiger partial charge < -0.3 is 14.2 Å². The van der Waals surface area contributed by atoms with Crippen LogP contribution in [0.3, 0.4) is 0 Å². The molecule has 8 heteroatoms. The number of benzene rings is 4. The Morgan fingerprint density at radius 2 is 1.00 bits per heavy atom. The summed E-state index contributed by atoms with van der Waals surface area (Å²) < 4.78 is 9.81. The Morgan fingerprint density at radius 3 is 1.38 bits per heavy atom. The second-order valence-corrected chi connectivity index (χ2v) is 9.30. The van der Waals surface area contributed by atoms with E-state index in [1.807, 2.05) is 99.3 Å². The number of aryl methyl sites for hydroxylation is 2. The minimum atomic E-state index is 0. The van der Waals surface area contributed by atoms with Crippen molar-refractivity contribution in [1.29, 1.82) is 0 Å². The summed E-state index contributed by atoms with van der Waals surface area (Å²) in [5.41, 5.74) is 5.21. The van der Waals surface area contributed by atoms with Crippen molar-refractivity contribution < 1.29 is 25.5 Å². The molecule has 0 aliphatic heterocycles. The first-order chi connectivity index (χ1) is 19.1. The van der Waals surface area contributed by atoms with Gasteiger partial charge in [-0.25, -0.2) is 0 Å². The van der Waals surface area contributed by atoms with Crippen molar-refractivity contribution in [2.75, 3.05) is 9.80 Å². The van der Waals surface area contributed by atoms with Gasteiger partial charge in [0.15, 0.2) is 11.6 Å². The average Bonchev–Trinajstić information content (AvgIpc) is 3.69. The molecular weight excluding hydrogens is 679 g/mol. The topological polar surface area (TPSA) is 55.3 Å². The van der Waals surface area contributed by atoms with Gasteiger partial charge in [0.1, 0.15) is 0 Å². The van der Waals surface area contributed by atoms with Gasteiger partial charge in [0.25, 0.3) is 0 Å². The van der Waals surface area contributed by atoms with Crippen molar-refractivity contribution in [3.63, 3.8) is 0 Å². The molecule has 40 heavy (non-hydrogen) atoms. The zero-order chi connectivity index (χ0) is 26.3. The molecule has 0 atom stereocenters. The molecule has 0 bridgehead atoms. The van der Waals surface area contributed by atoms with Gasteiger partial charge in [-0.3, -0.25) is 9.36 Å². The molecule has 0 aliphatic carbocycles. The first-order valence-corrected chi connectivity index (χ1v) is 12.6. The third-order valence-electron chi connectivity index (χ3n) is 6.62. The van der Waals surface area contributed by atoms with Crippen LogP contribution in [0.5, 0.6) is 0 Å². The van der Waals surface area contributed by atoms with E-state index in [0.717, 1.165) is 56.3 Å². The molecule has 0 saturated carbocycles. The van der Waals surface area contributed by atoms with Crippen LogP contribution in [0.4, 0.5) is 34.4 Å². The standard InChI is InChI=1S/C32H24N6O.Pt/c1-35-19-17-31(33-35)37(23-9-5-3-6-10-23)25-13-15-29-27(21-25)28-22-26(14-16-30(28)39-29)38(24-11-7-4-8-12-24)32-18-20-36(2)34-32;/h3-20H,1-2H3;/q-2;+2. The zero-order valence-electron chi connectivity index (χ0n) is 21.8. The van der Waals surface area contributed by atoms with Crippen molar-refractivity contribution >= 4 is 56.3 Å². The Kier molecular flexibility index (Phi) is 6.74. The summed E-state index contributed by atoms with van der Waals surface area (Å²) in [6.45, 7) is 0. The van der Waals surface area contributed by atoms with Gasteiger partial charge in [0.05, 0.1) is 0 Å². The van der Waals surface area contributed by atoms with Crippen LogP contribution >= 0.6 is 0 Å². The second-order valence-electron chi connectivity index (χ2n) is 9.30. The summed E-state index contributed by atoms with van der Waals surface area (Å²) >= 11 is 0. The van der Waals surface area contributed by atoms with E-state index in [4.69, 9.17) is 4.42 Å². The van der Waals surface area contributed by atoms with E-state index in [9.17, 15) is 0 Å². The number of aromatic nitrogens is 4. The molecule has 0 radical (unpaired) electrons. The molecule has 3 heterocycles. The molecule has 3 aromatic heterocycles. The number of furan rings is 1. The maximum atomic E-state index is 6.21. The zero-order valence-corrected chi connectivity index (χ0v) is 24.1. The van der Waals surface area contributed by atoms with Gasteiger partial charge in [0.2, 0.25) is 0 Å². The summed E-state index contributed by atoms with van der Waals surface area (Å²) in [6, 6.07) is 39.6. The fourth-order valence-electron chi connectivity index (χ4n) is 4.85. The molecule has 4 aromatic carbocycles. The first-order valence-electron chi connectivity index (χ1n) is 12.6. The first kappa shape index (κ1) is 25.7. The van der Waals surface area contributed by atoms with Crippen molar-refractivity contribution in [3.8, 4) is 0 Å². The normalized spacial score (nSPS) is 11.1. The van der Waals surface area contributed by atoms with Crippen LogP contribution < -0.4 is 9.80 Å². The van der Waals surface area contributed by atoms with Crippen LogP contribution in [0.15, 0.2) is 114 Å². The van der Waals surface area contributed by atoms with E-state index in [2.05, 4.69) is 56.4 Å². The summed E-state index contributed by atoms with van der Waals surface area (Å²) in [6.07, 6.45) is 3.87. The summed E-state index contributed by atoms with van der Waals surface area (Å²) in [5.74, 6) is 1.62. The maximum Gasteiger partial charge on any atom is 2.00 e. The number of rotatable bonds is 6. The van der Waals surface area contributed by atoms with Crippen LogP contribution in [-0.2, 0) is 35.2 Å². The number of para-hydroxylation sites is 2. The van der Waals surface area contributed by atoms with E-state index >= 15 is 0 Å². The molecule has 7 nitrogen and oxygen atoms in total. The van der Waals surface area contributed by atoms with Gasteiger partial charge >= 0.3 is 21.1 Å². The molecule has 0 aliphatic rings. The van der Waals surface area contributed by atoms with Crippen molar-refractivity contribution in [1.82, 2.24) is 19.6 Å². The SMILES string of the molecule is Cn1ccc(N(c2[c-]c3c(cc2)oc2ccc(N(c4ccccc4)c4ccn(C)n4)[c-]c23)c2ccccc2)n1.[Pt+2]. The van der Waals surface area contributed by atoms with Crippen LogP contribution in [0, 0.1) is 12.1 Å². The second kappa shape index (κ2) is 10.5. The van der Waals surface area contributed by atoms with Gasteiger partial charge in [-0.15, -0.1) is 24.3 Å². The molecule has 0 spiro atoms. The fraction of sp³-hybridized carbons (Fsp3) is 0.0625. The van der Waals surface area contributed by atoms with Gasteiger partial charge in [-0.05, 0) is 46.8 Å². The summed E-state index contributed by atoms with van der Waals surface area (Å²) in [5, 5.41) is 11.1. The van der Waals surface area contributed by atoms with Gasteiger partial charge in [-0.1, -0.05) is 36.4 Å². The van der Waals surface area contributed by atoms with Crippen LogP contribution in [0.2, 0.25) is 0 Å². The summed E-state index contributed by atoms with van der Waals surface area (Å²) in [4.78, 5) is 4.18. The van der Waals surface area contributed by atoms with Crippen molar-refractivity contribution in [2.24, 2.45) is 14.1 Å². The molecule has 0 saturated heterocycles. The van der Waals surface area contributed by atoms with E-state index < -0.39 is 0 Å². The van der Waals surface area contributed by atoms with Crippen LogP contribution in [-0.4, -0.2) is 19.6 Å². The molecule has 0 unspecified atom stereocenters. The molecule has 0 amide bonds. The van der Waals surface area contributed by atoms with Gasteiger partial charge in [0, 0.05) is 50.0 Å². The van der Waals surface area contributed by atoms with E-state index in [-0.39, 0.29) is 21.1 Å². The summed E-state index contributed by atoms with van der Waals surface area (Å²) in [7, 11) is 3.83. The quantitative estimate of drug-likeness (QED) is 0.167. The molecule has 198 valence electrons. The largest absolute Gasteiger partial charge is 2.00 e. The van der Waals surface area contributed by atoms with Crippen molar-refractivity contribution in [2.45, 2.75) is 0 Å². The Morgan fingerprint density at radius 1 is 0.575 bits per heavy atom. The number of nitrogens with zero attached hydrogens (tertiary/aromatic N) is 6. The number of fused-ring (bicyclic) bond motifs is 3. The number of anilines is 6. The predicted octanol–water partition coefficient (Wildman–Crippen LogP) is 7.59. The molecule has 7 rings (SSSR count). The van der Waals surface area contributed by atoms with Gasteiger partial charge in [-0.2, -0.15) is 33.1 Å². The monoisotopic (exact) mass is 703 g/mol. The van der Waals surface area contributed by atoms with E-state index in [1.54, 1.807) is 9.36 Å². The number of hydrogen-bond donors (Lipinski definition) is 0. The molecular formula is C32H24N6OPt. The maximum absolute atomic E-state index is 6.21. The Balaban J connectivity index is 0.00000289. The van der Waals surface area contributed by atoms with Crippen molar-refractivity contribution in [3.05, 3.63) is 122 Å². The third-order valence-corrected chi connectivity index (χ3v) is 6.62. The smallest absolute Gasteiger partial charge is 0.564 e.